The van der Waals surface area contributed by atoms with Crippen molar-refractivity contribution in [3.05, 3.63) is 29.6 Å². The highest BCUT2D eigenvalue weighted by Gasteiger charge is 2.05. The van der Waals surface area contributed by atoms with Crippen LogP contribution in [0.25, 0.3) is 0 Å². The molecule has 0 amide bonds. The van der Waals surface area contributed by atoms with Crippen molar-refractivity contribution in [2.24, 2.45) is 0 Å². The molecule has 1 aromatic rings. The lowest BCUT2D eigenvalue weighted by atomic mass is 10.0. The van der Waals surface area contributed by atoms with Crippen molar-refractivity contribution in [1.29, 1.82) is 0 Å². The number of nitrogens with two attached hydrogens (primary N) is 1. The molecule has 0 saturated carbocycles. The molecule has 0 radical (unpaired) electrons. The van der Waals surface area contributed by atoms with Crippen LogP contribution in [0.4, 0.5) is 10.1 Å². The first kappa shape index (κ1) is 11.2. The highest BCUT2D eigenvalue weighted by Crippen LogP contribution is 2.19. The van der Waals surface area contributed by atoms with Crippen LogP contribution in [0.5, 0.6) is 0 Å². The minimum atomic E-state index is -0.208. The first-order valence-electron chi connectivity index (χ1n) is 3.66. The van der Waals surface area contributed by atoms with Crippen molar-refractivity contribution in [2.75, 3.05) is 5.73 Å². The molecule has 1 rings (SSSR count). The van der Waals surface area contributed by atoms with E-state index < -0.39 is 0 Å². The molecule has 0 aliphatic heterocycles. The Morgan fingerprint density at radius 2 is 1.92 bits per heavy atom. The number of anilines is 1. The number of hydrogen-bond donors (Lipinski definition) is 1. The van der Waals surface area contributed by atoms with Gasteiger partial charge in [-0.15, -0.1) is 12.4 Å². The normalized spacial score (nSPS) is 9.67. The Kier molecular flexibility index (Phi) is 4.04. The molecule has 12 heavy (non-hydrogen) atoms. The molecule has 1 aromatic carbocycles. The molecule has 3 heteroatoms. The number of hydrogen-bond acceptors (Lipinski definition) is 1. The summed E-state index contributed by atoms with van der Waals surface area (Å²) in [6.45, 7) is 3.91. The van der Waals surface area contributed by atoms with Crippen molar-refractivity contribution in [2.45, 2.75) is 19.8 Å². The molecule has 0 aromatic heterocycles. The van der Waals surface area contributed by atoms with E-state index in [2.05, 4.69) is 0 Å². The van der Waals surface area contributed by atoms with Crippen LogP contribution in [-0.4, -0.2) is 0 Å². The van der Waals surface area contributed by atoms with Gasteiger partial charge in [0.05, 0.1) is 0 Å². The Morgan fingerprint density at radius 1 is 1.33 bits per heavy atom. The van der Waals surface area contributed by atoms with Gasteiger partial charge in [0.25, 0.3) is 0 Å². The van der Waals surface area contributed by atoms with Gasteiger partial charge in [0, 0.05) is 5.69 Å². The molecule has 68 valence electrons. The van der Waals surface area contributed by atoms with Gasteiger partial charge in [0.1, 0.15) is 5.82 Å². The van der Waals surface area contributed by atoms with E-state index in [0.29, 0.717) is 5.69 Å². The number of rotatable bonds is 1. The molecule has 0 aliphatic rings. The molecule has 2 N–H and O–H groups in total. The van der Waals surface area contributed by atoms with E-state index in [1.165, 1.54) is 6.07 Å². The van der Waals surface area contributed by atoms with E-state index in [4.69, 9.17) is 5.73 Å². The SMILES string of the molecule is CC(C)c1ccc(N)cc1F.Cl. The van der Waals surface area contributed by atoms with E-state index in [0.717, 1.165) is 5.56 Å². The summed E-state index contributed by atoms with van der Waals surface area (Å²) < 4.78 is 13.0. The summed E-state index contributed by atoms with van der Waals surface area (Å²) in [5.41, 5.74) is 6.59. The van der Waals surface area contributed by atoms with E-state index in [9.17, 15) is 4.39 Å². The monoisotopic (exact) mass is 189 g/mol. The van der Waals surface area contributed by atoms with Crippen molar-refractivity contribution in [1.82, 2.24) is 0 Å². The maximum atomic E-state index is 13.0. The van der Waals surface area contributed by atoms with Gasteiger partial charge in [0.2, 0.25) is 0 Å². The van der Waals surface area contributed by atoms with Crippen molar-refractivity contribution >= 4 is 18.1 Å². The molecular formula is C9H13ClFN. The number of halogens is 2. The van der Waals surface area contributed by atoms with Crippen LogP contribution >= 0.6 is 12.4 Å². The van der Waals surface area contributed by atoms with Gasteiger partial charge in [-0.05, 0) is 23.6 Å². The molecule has 0 atom stereocenters. The average Bonchev–Trinajstić information content (AvgIpc) is 1.85. The molecule has 0 heterocycles. The second kappa shape index (κ2) is 4.31. The lowest BCUT2D eigenvalue weighted by molar-refractivity contribution is 0.599. The largest absolute Gasteiger partial charge is 0.399 e. The summed E-state index contributed by atoms with van der Waals surface area (Å²) in [6.07, 6.45) is 0. The lowest BCUT2D eigenvalue weighted by Crippen LogP contribution is -1.94. The molecule has 0 fully saturated rings. The molecule has 0 bridgehead atoms. The minimum Gasteiger partial charge on any atom is -0.399 e. The maximum Gasteiger partial charge on any atom is 0.128 e. The van der Waals surface area contributed by atoms with Gasteiger partial charge in [-0.3, -0.25) is 0 Å². The third-order valence-electron chi connectivity index (χ3n) is 1.65. The molecule has 0 spiro atoms. The van der Waals surface area contributed by atoms with Crippen LogP contribution in [-0.2, 0) is 0 Å². The highest BCUT2D eigenvalue weighted by molar-refractivity contribution is 5.85. The fourth-order valence-electron chi connectivity index (χ4n) is 1.01. The van der Waals surface area contributed by atoms with E-state index in [1.807, 2.05) is 13.8 Å². The summed E-state index contributed by atoms with van der Waals surface area (Å²) in [5.74, 6) is 0.00981. The van der Waals surface area contributed by atoms with Crippen molar-refractivity contribution < 1.29 is 4.39 Å². The summed E-state index contributed by atoms with van der Waals surface area (Å²) in [7, 11) is 0. The smallest absolute Gasteiger partial charge is 0.128 e. The summed E-state index contributed by atoms with van der Waals surface area (Å²) in [6, 6.07) is 4.81. The Balaban J connectivity index is 0.00000121. The standard InChI is InChI=1S/C9H12FN.ClH/c1-6(2)8-4-3-7(11)5-9(8)10;/h3-6H,11H2,1-2H3;1H. The van der Waals surface area contributed by atoms with Crippen molar-refractivity contribution in [3.63, 3.8) is 0 Å². The van der Waals surface area contributed by atoms with Crippen LogP contribution in [0.3, 0.4) is 0 Å². The van der Waals surface area contributed by atoms with Crippen LogP contribution in [0.15, 0.2) is 18.2 Å². The van der Waals surface area contributed by atoms with E-state index in [-0.39, 0.29) is 24.1 Å². The molecular weight excluding hydrogens is 177 g/mol. The Hall–Kier alpha value is -0.760. The van der Waals surface area contributed by atoms with Gasteiger partial charge in [-0.25, -0.2) is 4.39 Å². The van der Waals surface area contributed by atoms with E-state index in [1.54, 1.807) is 12.1 Å². The predicted octanol–water partition coefficient (Wildman–Crippen LogP) is 2.95. The Bertz CT molecular complexity index is 261. The van der Waals surface area contributed by atoms with Crippen LogP contribution in [0.2, 0.25) is 0 Å². The average molecular weight is 190 g/mol. The predicted molar refractivity (Wildman–Crippen MR) is 52.1 cm³/mol. The fraction of sp³-hybridized carbons (Fsp3) is 0.333. The zero-order chi connectivity index (χ0) is 8.43. The quantitative estimate of drug-likeness (QED) is 0.676. The maximum absolute atomic E-state index is 13.0. The summed E-state index contributed by atoms with van der Waals surface area (Å²) in [5, 5.41) is 0. The fourth-order valence-corrected chi connectivity index (χ4v) is 1.01. The first-order chi connectivity index (χ1) is 5.11. The zero-order valence-corrected chi connectivity index (χ0v) is 7.99. The second-order valence-corrected chi connectivity index (χ2v) is 2.94. The van der Waals surface area contributed by atoms with Crippen LogP contribution < -0.4 is 5.73 Å². The third kappa shape index (κ3) is 2.38. The third-order valence-corrected chi connectivity index (χ3v) is 1.65. The molecule has 1 nitrogen and oxygen atoms in total. The highest BCUT2D eigenvalue weighted by atomic mass is 35.5. The van der Waals surface area contributed by atoms with Crippen molar-refractivity contribution in [3.8, 4) is 0 Å². The second-order valence-electron chi connectivity index (χ2n) is 2.94. The Labute approximate surface area is 78.2 Å². The minimum absolute atomic E-state index is 0. The van der Waals surface area contributed by atoms with Gasteiger partial charge in [-0.1, -0.05) is 19.9 Å². The molecule has 0 saturated heterocycles. The van der Waals surface area contributed by atoms with Gasteiger partial charge in [-0.2, -0.15) is 0 Å². The first-order valence-corrected chi connectivity index (χ1v) is 3.66. The topological polar surface area (TPSA) is 26.0 Å². The summed E-state index contributed by atoms with van der Waals surface area (Å²) >= 11 is 0. The Morgan fingerprint density at radius 3 is 2.33 bits per heavy atom. The van der Waals surface area contributed by atoms with Gasteiger partial charge < -0.3 is 5.73 Å². The van der Waals surface area contributed by atoms with Gasteiger partial charge >= 0.3 is 0 Å². The number of nitrogen functional groups attached to an aromatic ring is 1. The van der Waals surface area contributed by atoms with E-state index >= 15 is 0 Å². The summed E-state index contributed by atoms with van der Waals surface area (Å²) in [4.78, 5) is 0. The van der Waals surface area contributed by atoms with Crippen LogP contribution in [0.1, 0.15) is 25.3 Å². The lowest BCUT2D eigenvalue weighted by Gasteiger charge is -2.06. The zero-order valence-electron chi connectivity index (χ0n) is 7.17. The molecule has 0 aliphatic carbocycles. The number of benzene rings is 1. The molecule has 0 unspecified atom stereocenters. The van der Waals surface area contributed by atoms with Crippen LogP contribution in [0, 0.1) is 5.82 Å². The van der Waals surface area contributed by atoms with Gasteiger partial charge in [0.15, 0.2) is 0 Å².